The highest BCUT2D eigenvalue weighted by atomic mass is 35.5. The summed E-state index contributed by atoms with van der Waals surface area (Å²) >= 11 is 6.02. The highest BCUT2D eigenvalue weighted by Gasteiger charge is 2.20. The predicted molar refractivity (Wildman–Crippen MR) is 132 cm³/mol. The van der Waals surface area contributed by atoms with Crippen molar-refractivity contribution in [1.29, 1.82) is 0 Å². The molecule has 0 bridgehead atoms. The number of benzene rings is 2. The first-order chi connectivity index (χ1) is 17.9. The number of rotatable bonds is 10. The second-order valence-corrected chi connectivity index (χ2v) is 8.07. The Morgan fingerprint density at radius 2 is 1.78 bits per heavy atom. The molecule has 0 radical (unpaired) electrons. The van der Waals surface area contributed by atoms with E-state index in [1.54, 1.807) is 18.2 Å². The summed E-state index contributed by atoms with van der Waals surface area (Å²) in [5.41, 5.74) is 29.1. The summed E-state index contributed by atoms with van der Waals surface area (Å²) in [7, 11) is 0. The van der Waals surface area contributed by atoms with Crippen LogP contribution < -0.4 is 5.76 Å². The Labute approximate surface area is 210 Å². The third-order valence-electron chi connectivity index (χ3n) is 5.37. The Morgan fingerprint density at radius 3 is 2.49 bits per heavy atom. The number of carbonyl (C=O) groups excluding carboxylic acids is 1. The number of carbonyl (C=O) groups is 1. The first-order valence-electron chi connectivity index (χ1n) is 10.5. The van der Waals surface area contributed by atoms with Gasteiger partial charge in [0, 0.05) is 19.8 Å². The van der Waals surface area contributed by atoms with E-state index in [1.807, 2.05) is 0 Å². The topological polar surface area (TPSA) is 230 Å². The van der Waals surface area contributed by atoms with Crippen molar-refractivity contribution in [2.75, 3.05) is 6.67 Å². The molecule has 4 aromatic rings. The molecule has 1 N–H and O–H groups in total. The quantitative estimate of drug-likeness (QED) is 0.171. The number of nitrogens with one attached hydrogen (secondary N) is 1. The lowest BCUT2D eigenvalue weighted by molar-refractivity contribution is -0.132. The van der Waals surface area contributed by atoms with Gasteiger partial charge in [-0.25, -0.2) is 9.78 Å². The van der Waals surface area contributed by atoms with Gasteiger partial charge in [-0.3, -0.25) is 9.36 Å². The van der Waals surface area contributed by atoms with Gasteiger partial charge in [0.25, 0.3) is 0 Å². The summed E-state index contributed by atoms with van der Waals surface area (Å²) in [4.78, 5) is 42.5. The molecule has 2 aromatic carbocycles. The van der Waals surface area contributed by atoms with E-state index in [0.29, 0.717) is 38.5 Å². The number of aromatic amines is 1. The summed E-state index contributed by atoms with van der Waals surface area (Å²) in [6, 6.07) is 7.99. The Bertz CT molecular complexity index is 1640. The zero-order chi connectivity index (χ0) is 26.4. The molecule has 0 aliphatic rings. The second-order valence-electron chi connectivity index (χ2n) is 7.63. The summed E-state index contributed by atoms with van der Waals surface area (Å²) in [6.45, 7) is -0.711. The number of amides is 1. The van der Waals surface area contributed by atoms with Crippen molar-refractivity contribution >= 4 is 39.6 Å². The van der Waals surface area contributed by atoms with E-state index in [0.717, 1.165) is 4.57 Å². The van der Waals surface area contributed by atoms with Crippen LogP contribution in [0.4, 0.5) is 0 Å². The van der Waals surface area contributed by atoms with Crippen LogP contribution in [0.15, 0.2) is 54.9 Å². The van der Waals surface area contributed by atoms with Gasteiger partial charge in [-0.1, -0.05) is 26.9 Å². The number of hydrogen-bond acceptors (Lipinski definition) is 7. The van der Waals surface area contributed by atoms with E-state index < -0.39 is 11.7 Å². The molecule has 16 nitrogen and oxygen atoms in total. The highest BCUT2D eigenvalue weighted by molar-refractivity contribution is 6.31. The Kier molecular flexibility index (Phi) is 7.48. The fourth-order valence-corrected chi connectivity index (χ4v) is 3.87. The molecule has 4 rings (SSSR count). The molecule has 186 valence electrons. The fourth-order valence-electron chi connectivity index (χ4n) is 3.71. The molecule has 0 atom stereocenters. The maximum Gasteiger partial charge on any atom is 0.420 e. The number of H-pyrrole nitrogens is 1. The van der Waals surface area contributed by atoms with Crippen molar-refractivity contribution in [2.45, 2.75) is 26.2 Å². The summed E-state index contributed by atoms with van der Waals surface area (Å²) in [6.07, 6.45) is 0. The lowest BCUT2D eigenvalue weighted by Gasteiger charge is -2.19. The number of hydrogen-bond donors (Lipinski definition) is 1. The summed E-state index contributed by atoms with van der Waals surface area (Å²) in [5.74, 6) is -0.913. The molecule has 1 amide bonds. The number of nitrogens with zero attached hydrogens (tertiary/aromatic N) is 12. The number of oxazole rings is 1. The van der Waals surface area contributed by atoms with E-state index >= 15 is 0 Å². The van der Waals surface area contributed by atoms with Crippen LogP contribution in [0.1, 0.15) is 17.0 Å². The van der Waals surface area contributed by atoms with Crippen molar-refractivity contribution in [2.24, 2.45) is 15.3 Å². The Morgan fingerprint density at radius 1 is 1.08 bits per heavy atom. The standard InChI is InChI=1S/C20H16ClN13O3/c21-13-1-2-17-16(5-13)34(20(36)37-17)9-19(35)33(10-27-32-24)8-18-28-14-3-11(6-25-30-22)12(7-26-31-23)4-15(14)29-18/h1-5H,6-10H2,(H,28,29). The predicted octanol–water partition coefficient (Wildman–Crippen LogP) is 5.04. The van der Waals surface area contributed by atoms with Gasteiger partial charge in [0.1, 0.15) is 12.4 Å². The molecular formula is C20H16ClN13O3. The third-order valence-corrected chi connectivity index (χ3v) is 5.61. The SMILES string of the molecule is [N-]=[N+]=NCc1cc2nc(CN(CN=[N+]=[N-])C(=O)Cn3c(=O)oc4ccc(Cl)cc43)[nH]c2cc1CN=[N+]=[N-]. The molecule has 37 heavy (non-hydrogen) atoms. The van der Waals surface area contributed by atoms with Gasteiger partial charge in [-0.2, -0.15) is 0 Å². The van der Waals surface area contributed by atoms with Gasteiger partial charge in [-0.05, 0) is 58.1 Å². The van der Waals surface area contributed by atoms with Crippen LogP contribution in [-0.2, 0) is 31.0 Å². The van der Waals surface area contributed by atoms with Crippen LogP contribution in [0.2, 0.25) is 5.02 Å². The van der Waals surface area contributed by atoms with Crippen LogP contribution in [0.3, 0.4) is 0 Å². The van der Waals surface area contributed by atoms with Gasteiger partial charge in [0.15, 0.2) is 5.58 Å². The minimum absolute atomic E-state index is 0.0316. The van der Waals surface area contributed by atoms with Gasteiger partial charge in [-0.15, -0.1) is 0 Å². The average Bonchev–Trinajstić information content (AvgIpc) is 3.42. The van der Waals surface area contributed by atoms with Crippen LogP contribution >= 0.6 is 11.6 Å². The molecule has 17 heteroatoms. The number of halogens is 1. The maximum atomic E-state index is 13.1. The molecule has 0 unspecified atom stereocenters. The van der Waals surface area contributed by atoms with E-state index in [4.69, 9.17) is 32.6 Å². The van der Waals surface area contributed by atoms with Gasteiger partial charge >= 0.3 is 5.76 Å². The Hall–Kier alpha value is -5.13. The normalized spacial score (nSPS) is 10.5. The van der Waals surface area contributed by atoms with Crippen molar-refractivity contribution < 1.29 is 9.21 Å². The van der Waals surface area contributed by atoms with Crippen molar-refractivity contribution in [1.82, 2.24) is 19.4 Å². The van der Waals surface area contributed by atoms with E-state index in [9.17, 15) is 9.59 Å². The molecule has 2 heterocycles. The molecular weight excluding hydrogens is 506 g/mol. The van der Waals surface area contributed by atoms with Gasteiger partial charge in [0.2, 0.25) is 5.91 Å². The first kappa shape index (κ1) is 25.0. The third kappa shape index (κ3) is 5.59. The van der Waals surface area contributed by atoms with Crippen molar-refractivity contribution in [3.8, 4) is 0 Å². The number of fused-ring (bicyclic) bond motifs is 2. The highest BCUT2D eigenvalue weighted by Crippen LogP contribution is 2.22. The molecule has 0 spiro atoms. The number of aromatic nitrogens is 3. The molecule has 0 saturated heterocycles. The molecule has 0 aliphatic heterocycles. The smallest absolute Gasteiger partial charge is 0.408 e. The van der Waals surface area contributed by atoms with E-state index in [-0.39, 0.29) is 38.4 Å². The Balaban J connectivity index is 1.64. The van der Waals surface area contributed by atoms with Crippen LogP contribution in [0.25, 0.3) is 53.5 Å². The zero-order valence-corrected chi connectivity index (χ0v) is 19.6. The second kappa shape index (κ2) is 11.1. The monoisotopic (exact) mass is 521 g/mol. The number of imidazole rings is 1. The van der Waals surface area contributed by atoms with Gasteiger partial charge in [0.05, 0.1) is 42.9 Å². The van der Waals surface area contributed by atoms with E-state index in [1.165, 1.54) is 17.0 Å². The molecule has 2 aromatic heterocycles. The number of azide groups is 3. The minimum Gasteiger partial charge on any atom is -0.408 e. The lowest BCUT2D eigenvalue weighted by atomic mass is 10.1. The van der Waals surface area contributed by atoms with Crippen LogP contribution in [0.5, 0.6) is 0 Å². The largest absolute Gasteiger partial charge is 0.420 e. The van der Waals surface area contributed by atoms with Gasteiger partial charge < -0.3 is 14.3 Å². The first-order valence-corrected chi connectivity index (χ1v) is 10.9. The van der Waals surface area contributed by atoms with Crippen LogP contribution in [-0.4, -0.2) is 32.0 Å². The fraction of sp³-hybridized carbons (Fsp3) is 0.250. The van der Waals surface area contributed by atoms with Crippen LogP contribution in [0, 0.1) is 0 Å². The molecule has 0 aliphatic carbocycles. The maximum absolute atomic E-state index is 13.1. The zero-order valence-electron chi connectivity index (χ0n) is 18.9. The minimum atomic E-state index is -0.738. The van der Waals surface area contributed by atoms with E-state index in [2.05, 4.69) is 40.0 Å². The summed E-state index contributed by atoms with van der Waals surface area (Å²) in [5, 5.41) is 11.0. The molecule has 0 fully saturated rings. The van der Waals surface area contributed by atoms with Crippen molar-refractivity contribution in [3.05, 3.63) is 94.2 Å². The average molecular weight is 522 g/mol. The summed E-state index contributed by atoms with van der Waals surface area (Å²) < 4.78 is 6.30. The molecule has 0 saturated carbocycles. The lowest BCUT2D eigenvalue weighted by Crippen LogP contribution is -2.35. The van der Waals surface area contributed by atoms with Crippen molar-refractivity contribution in [3.63, 3.8) is 0 Å².